The molecule has 1 aromatic carbocycles. The van der Waals surface area contributed by atoms with Gasteiger partial charge in [0.1, 0.15) is 5.82 Å². The van der Waals surface area contributed by atoms with Gasteiger partial charge in [0.15, 0.2) is 0 Å². The molecule has 1 amide bonds. The van der Waals surface area contributed by atoms with Crippen LogP contribution in [0.1, 0.15) is 23.7 Å². The van der Waals surface area contributed by atoms with Gasteiger partial charge in [0.2, 0.25) is 0 Å². The Morgan fingerprint density at radius 2 is 2.18 bits per heavy atom. The minimum atomic E-state index is -0.372. The third-order valence-electron chi connectivity index (χ3n) is 3.32. The summed E-state index contributed by atoms with van der Waals surface area (Å²) in [6, 6.07) is 9.96. The van der Waals surface area contributed by atoms with Crippen molar-refractivity contribution in [1.82, 2.24) is 10.3 Å². The number of benzene rings is 1. The Hall–Kier alpha value is -2.27. The van der Waals surface area contributed by atoms with Crippen molar-refractivity contribution < 1.29 is 9.18 Å². The summed E-state index contributed by atoms with van der Waals surface area (Å²) in [4.78, 5) is 17.9. The zero-order valence-electron chi connectivity index (χ0n) is 12.1. The van der Waals surface area contributed by atoms with Crippen LogP contribution in [0.15, 0.2) is 41.8 Å². The van der Waals surface area contributed by atoms with Crippen molar-refractivity contribution in [2.75, 3.05) is 6.54 Å². The van der Waals surface area contributed by atoms with E-state index in [1.165, 1.54) is 12.1 Å². The van der Waals surface area contributed by atoms with Crippen molar-refractivity contribution in [3.05, 3.63) is 53.2 Å². The topological polar surface area (TPSA) is 42.0 Å². The molecule has 3 rings (SSSR count). The van der Waals surface area contributed by atoms with Crippen LogP contribution >= 0.6 is 11.3 Å². The molecule has 2 aromatic heterocycles. The quantitative estimate of drug-likeness (QED) is 0.782. The molecule has 3 aromatic rings. The lowest BCUT2D eigenvalue weighted by atomic mass is 10.1. The number of nitrogens with zero attached hydrogens (tertiary/aromatic N) is 1. The highest BCUT2D eigenvalue weighted by molar-refractivity contribution is 7.13. The van der Waals surface area contributed by atoms with Crippen molar-refractivity contribution in [3.8, 4) is 10.6 Å². The first-order valence-electron chi connectivity index (χ1n) is 7.11. The minimum absolute atomic E-state index is 0.197. The number of halogens is 1. The number of hydrogen-bond donors (Lipinski definition) is 1. The van der Waals surface area contributed by atoms with Gasteiger partial charge in [-0.3, -0.25) is 4.79 Å². The van der Waals surface area contributed by atoms with Gasteiger partial charge < -0.3 is 5.32 Å². The monoisotopic (exact) mass is 314 g/mol. The Morgan fingerprint density at radius 1 is 1.32 bits per heavy atom. The van der Waals surface area contributed by atoms with E-state index < -0.39 is 0 Å². The third-order valence-corrected chi connectivity index (χ3v) is 4.22. The number of hydrogen-bond acceptors (Lipinski definition) is 3. The van der Waals surface area contributed by atoms with Crippen LogP contribution in [0.25, 0.3) is 21.5 Å². The SMILES string of the molecule is CCCNC(=O)c1cc(-c2cccs2)nc2ccc(F)cc12. The van der Waals surface area contributed by atoms with E-state index in [4.69, 9.17) is 0 Å². The first-order valence-corrected chi connectivity index (χ1v) is 7.99. The van der Waals surface area contributed by atoms with Crippen molar-refractivity contribution in [1.29, 1.82) is 0 Å². The lowest BCUT2D eigenvalue weighted by Crippen LogP contribution is -2.24. The molecule has 0 atom stereocenters. The molecule has 0 radical (unpaired) electrons. The molecule has 0 fully saturated rings. The number of amides is 1. The lowest BCUT2D eigenvalue weighted by Gasteiger charge is -2.09. The van der Waals surface area contributed by atoms with E-state index in [1.54, 1.807) is 23.5 Å². The summed E-state index contributed by atoms with van der Waals surface area (Å²) in [5.41, 5.74) is 1.81. The molecule has 0 aliphatic carbocycles. The minimum Gasteiger partial charge on any atom is -0.352 e. The van der Waals surface area contributed by atoms with Gasteiger partial charge in [-0.1, -0.05) is 13.0 Å². The van der Waals surface area contributed by atoms with Crippen LogP contribution in [-0.2, 0) is 0 Å². The van der Waals surface area contributed by atoms with E-state index in [9.17, 15) is 9.18 Å². The molecular formula is C17H15FN2OS. The first-order chi connectivity index (χ1) is 10.7. The van der Waals surface area contributed by atoms with Crippen LogP contribution in [0.3, 0.4) is 0 Å². The van der Waals surface area contributed by atoms with Crippen LogP contribution in [-0.4, -0.2) is 17.4 Å². The smallest absolute Gasteiger partial charge is 0.252 e. The van der Waals surface area contributed by atoms with Crippen molar-refractivity contribution >= 4 is 28.1 Å². The molecule has 22 heavy (non-hydrogen) atoms. The molecule has 0 unspecified atom stereocenters. The highest BCUT2D eigenvalue weighted by Crippen LogP contribution is 2.28. The number of thiophene rings is 1. The molecule has 3 nitrogen and oxygen atoms in total. The van der Waals surface area contributed by atoms with Crippen LogP contribution in [0.5, 0.6) is 0 Å². The molecule has 0 saturated carbocycles. The van der Waals surface area contributed by atoms with Gasteiger partial charge in [0, 0.05) is 11.9 Å². The highest BCUT2D eigenvalue weighted by atomic mass is 32.1. The van der Waals surface area contributed by atoms with E-state index in [0.29, 0.717) is 23.0 Å². The number of nitrogens with one attached hydrogen (secondary N) is 1. The molecule has 112 valence electrons. The van der Waals surface area contributed by atoms with E-state index in [1.807, 2.05) is 24.4 Å². The number of fused-ring (bicyclic) bond motifs is 1. The Balaban J connectivity index is 2.17. The summed E-state index contributed by atoms with van der Waals surface area (Å²) in [7, 11) is 0. The first kappa shape index (κ1) is 14.7. The summed E-state index contributed by atoms with van der Waals surface area (Å²) in [5, 5.41) is 5.34. The van der Waals surface area contributed by atoms with Crippen molar-refractivity contribution in [2.24, 2.45) is 0 Å². The van der Waals surface area contributed by atoms with Crippen molar-refractivity contribution in [3.63, 3.8) is 0 Å². The van der Waals surface area contributed by atoms with Crippen LogP contribution < -0.4 is 5.32 Å². The van der Waals surface area contributed by atoms with E-state index in [2.05, 4.69) is 10.3 Å². The third kappa shape index (κ3) is 2.85. The average Bonchev–Trinajstić information content (AvgIpc) is 3.06. The predicted molar refractivity (Wildman–Crippen MR) is 87.6 cm³/mol. The molecule has 0 saturated heterocycles. The molecule has 1 N–H and O–H groups in total. The number of carbonyl (C=O) groups is 1. The van der Waals surface area contributed by atoms with Gasteiger partial charge in [0.05, 0.1) is 21.7 Å². The number of aromatic nitrogens is 1. The fraction of sp³-hybridized carbons (Fsp3) is 0.176. The highest BCUT2D eigenvalue weighted by Gasteiger charge is 2.14. The van der Waals surface area contributed by atoms with Gasteiger partial charge >= 0.3 is 0 Å². The summed E-state index contributed by atoms with van der Waals surface area (Å²) in [6.07, 6.45) is 0.848. The fourth-order valence-electron chi connectivity index (χ4n) is 2.27. The fourth-order valence-corrected chi connectivity index (χ4v) is 2.96. The maximum atomic E-state index is 13.5. The summed E-state index contributed by atoms with van der Waals surface area (Å²) >= 11 is 1.56. The van der Waals surface area contributed by atoms with Gasteiger partial charge in [0.25, 0.3) is 5.91 Å². The maximum Gasteiger partial charge on any atom is 0.252 e. The Labute approximate surface area is 131 Å². The Morgan fingerprint density at radius 3 is 2.91 bits per heavy atom. The Kier molecular flexibility index (Phi) is 4.15. The second-order valence-corrected chi connectivity index (χ2v) is 5.90. The largest absolute Gasteiger partial charge is 0.352 e. The molecule has 2 heterocycles. The van der Waals surface area contributed by atoms with Gasteiger partial charge in [-0.25, -0.2) is 9.37 Å². The lowest BCUT2D eigenvalue weighted by molar-refractivity contribution is 0.0955. The average molecular weight is 314 g/mol. The van der Waals surface area contributed by atoms with E-state index in [0.717, 1.165) is 17.0 Å². The molecular weight excluding hydrogens is 299 g/mol. The zero-order valence-corrected chi connectivity index (χ0v) is 12.9. The number of rotatable bonds is 4. The van der Waals surface area contributed by atoms with Gasteiger partial charge in [-0.2, -0.15) is 0 Å². The van der Waals surface area contributed by atoms with E-state index in [-0.39, 0.29) is 11.7 Å². The molecule has 0 aliphatic heterocycles. The van der Waals surface area contributed by atoms with E-state index >= 15 is 0 Å². The summed E-state index contributed by atoms with van der Waals surface area (Å²) in [6.45, 7) is 2.58. The Bertz CT molecular complexity index is 815. The second-order valence-electron chi connectivity index (χ2n) is 4.95. The molecule has 0 aliphatic rings. The molecule has 0 spiro atoms. The van der Waals surface area contributed by atoms with Crippen LogP contribution in [0.4, 0.5) is 4.39 Å². The standard InChI is InChI=1S/C17H15FN2OS/c1-2-7-19-17(21)13-10-15(16-4-3-8-22-16)20-14-6-5-11(18)9-12(13)14/h3-6,8-10H,2,7H2,1H3,(H,19,21). The van der Waals surface area contributed by atoms with Crippen LogP contribution in [0.2, 0.25) is 0 Å². The van der Waals surface area contributed by atoms with Gasteiger partial charge in [-0.05, 0) is 42.1 Å². The number of carbonyl (C=O) groups excluding carboxylic acids is 1. The summed E-state index contributed by atoms with van der Waals surface area (Å²) < 4.78 is 13.5. The summed E-state index contributed by atoms with van der Waals surface area (Å²) in [5.74, 6) is -0.569. The molecule has 0 bridgehead atoms. The van der Waals surface area contributed by atoms with Crippen molar-refractivity contribution in [2.45, 2.75) is 13.3 Å². The maximum absolute atomic E-state index is 13.5. The predicted octanol–water partition coefficient (Wildman–Crippen LogP) is 4.24. The molecule has 5 heteroatoms. The van der Waals surface area contributed by atoms with Gasteiger partial charge in [-0.15, -0.1) is 11.3 Å². The zero-order chi connectivity index (χ0) is 15.5. The van der Waals surface area contributed by atoms with Crippen LogP contribution in [0, 0.1) is 5.82 Å². The normalized spacial score (nSPS) is 10.8. The number of pyridine rings is 1. The second kappa shape index (κ2) is 6.23.